The van der Waals surface area contributed by atoms with E-state index in [1.807, 2.05) is 78.9 Å². The Morgan fingerprint density at radius 1 is 0.798 bits per heavy atom. The predicted molar refractivity (Wildman–Crippen MR) is 339 cm³/mol. The number of fused-ring (bicyclic) bond motifs is 5. The highest BCUT2D eigenvalue weighted by Gasteiger charge is 2.46. The van der Waals surface area contributed by atoms with Crippen molar-refractivity contribution in [3.8, 4) is 22.5 Å². The number of hydrogen-bond acceptors (Lipinski definition) is 24. The van der Waals surface area contributed by atoms with Gasteiger partial charge in [-0.15, -0.1) is 5.10 Å². The number of anilines is 1. The fourth-order valence-corrected chi connectivity index (χ4v) is 13.2. The standard InChI is InChI=1S/C59H79N9O17S4/c1-39(70)64-49-52(74)51(73)45(36-69)85-53(49)82-23-21-62-55(75)59(3,89-54(86)40-11-5-4-6-12-40)37-58(2,38-60)19-17-47(72)81-30-29-80-28-27-79-26-25-78-24-22-68-50-43-15-9-10-16-44(43)67(35-41-13-7-8-14-42(41)48(50)65-66-68)46(71)18-20-63-57(77)84-32-34-88-87-33-31-83-56(61)76/h4-16,38,45,49,51-53,60,69,73-74H,17-37H2,1-3H3,(H2,61,76)(H,62,75)(H,63,77)(H,64,70). The molecule has 9 N–H and O–H groups in total. The second-order valence-electron chi connectivity index (χ2n) is 20.9. The molecule has 0 bridgehead atoms. The Balaban J connectivity index is 0.896. The number of ether oxygens (including phenoxy) is 8. The van der Waals surface area contributed by atoms with Crippen molar-refractivity contribution in [2.75, 3.05) is 102 Å². The Kier molecular flexibility index (Phi) is 30.0. The van der Waals surface area contributed by atoms with Gasteiger partial charge in [0.05, 0.1) is 86.3 Å². The SMILES string of the molecule is CC(=O)NC1C(OCCNC(=O)C(C)(CC(C)(C=N)CCC(=O)OCCOCCOCCOCCn2nnc3c2-c2ccccc2N(C(=O)CCNC(=O)OCCSSCCOC(N)=O)Cc2ccccc2-3)SC(=S)c2ccccc2)OC(CO)C(O)C1O. The highest BCUT2D eigenvalue weighted by atomic mass is 33.1. The summed E-state index contributed by atoms with van der Waals surface area (Å²) in [6, 6.07) is 23.3. The van der Waals surface area contributed by atoms with Crippen molar-refractivity contribution in [1.82, 2.24) is 30.9 Å². The Labute approximate surface area is 533 Å². The number of nitrogens with two attached hydrogens (primary N) is 1. The first-order valence-electron chi connectivity index (χ1n) is 28.8. The molecule has 2 aliphatic rings. The first-order chi connectivity index (χ1) is 42.9. The first-order valence-corrected chi connectivity index (χ1v) is 32.5. The molecule has 89 heavy (non-hydrogen) atoms. The van der Waals surface area contributed by atoms with Gasteiger partial charge < -0.3 is 85.2 Å². The molecule has 1 saturated heterocycles. The largest absolute Gasteiger partial charge is 0.463 e. The van der Waals surface area contributed by atoms with Gasteiger partial charge in [0.1, 0.15) is 49.9 Å². The molecule has 4 aromatic rings. The van der Waals surface area contributed by atoms with Crippen LogP contribution in [0.5, 0.6) is 0 Å². The summed E-state index contributed by atoms with van der Waals surface area (Å²) in [6.07, 6.45) is -5.45. The minimum absolute atomic E-state index is 0.00999. The number of carbonyl (C=O) groups is 6. The maximum Gasteiger partial charge on any atom is 0.407 e. The maximum atomic E-state index is 14.1. The number of aliphatic hydroxyl groups excluding tert-OH is 3. The lowest BCUT2D eigenvalue weighted by Gasteiger charge is -2.42. The highest BCUT2D eigenvalue weighted by Crippen LogP contribution is 2.43. The monoisotopic (exact) mass is 1310 g/mol. The van der Waals surface area contributed by atoms with E-state index in [-0.39, 0.29) is 117 Å². The summed E-state index contributed by atoms with van der Waals surface area (Å²) in [5, 5.41) is 56.3. The summed E-state index contributed by atoms with van der Waals surface area (Å²) in [7, 11) is 2.92. The van der Waals surface area contributed by atoms with E-state index >= 15 is 0 Å². The van der Waals surface area contributed by atoms with Crippen LogP contribution in [-0.4, -0.2) is 209 Å². The highest BCUT2D eigenvalue weighted by molar-refractivity contribution is 8.76. The molecular weight excluding hydrogens is 1230 g/mol. The van der Waals surface area contributed by atoms with E-state index in [2.05, 4.69) is 31.0 Å². The van der Waals surface area contributed by atoms with Crippen LogP contribution in [0.2, 0.25) is 0 Å². The number of thioether (sulfide) groups is 1. The van der Waals surface area contributed by atoms with Gasteiger partial charge in [-0.1, -0.05) is 131 Å². The van der Waals surface area contributed by atoms with Crippen molar-refractivity contribution in [2.45, 2.75) is 94.9 Å². The van der Waals surface area contributed by atoms with E-state index in [1.54, 1.807) is 23.4 Å². The fourth-order valence-electron chi connectivity index (χ4n) is 9.60. The number of primary amides is 1. The number of aliphatic hydroxyl groups is 3. The zero-order valence-corrected chi connectivity index (χ0v) is 53.1. The van der Waals surface area contributed by atoms with Gasteiger partial charge >= 0.3 is 18.2 Å². The van der Waals surface area contributed by atoms with Crippen molar-refractivity contribution in [3.05, 3.63) is 90.0 Å². The molecule has 1 aromatic heterocycles. The van der Waals surface area contributed by atoms with Crippen molar-refractivity contribution in [2.24, 2.45) is 11.1 Å². The van der Waals surface area contributed by atoms with Crippen LogP contribution >= 0.6 is 45.6 Å². The summed E-state index contributed by atoms with van der Waals surface area (Å²) < 4.78 is 45.0. The van der Waals surface area contributed by atoms with Gasteiger partial charge in [0.2, 0.25) is 17.7 Å². The number of carbonyl (C=O) groups excluding carboxylic acids is 6. The van der Waals surface area contributed by atoms with Gasteiger partial charge in [-0.2, -0.15) is 0 Å². The molecule has 26 nitrogen and oxygen atoms in total. The Hall–Kier alpha value is -6.29. The first kappa shape index (κ1) is 71.8. The van der Waals surface area contributed by atoms with Crippen LogP contribution in [0.25, 0.3) is 22.5 Å². The fraction of sp³-hybridized carbons (Fsp3) is 0.525. The topological polar surface area (TPSA) is 357 Å². The molecule has 30 heteroatoms. The third kappa shape index (κ3) is 22.6. The van der Waals surface area contributed by atoms with Crippen LogP contribution in [0.15, 0.2) is 78.9 Å². The molecule has 0 aliphatic carbocycles. The lowest BCUT2D eigenvalue weighted by molar-refractivity contribution is -0.269. The number of nitrogens with zero attached hydrogens (tertiary/aromatic N) is 4. The van der Waals surface area contributed by atoms with Crippen LogP contribution in [0.4, 0.5) is 15.3 Å². The van der Waals surface area contributed by atoms with Crippen molar-refractivity contribution < 1.29 is 82.0 Å². The molecule has 6 rings (SSSR count). The van der Waals surface area contributed by atoms with Gasteiger partial charge in [-0.25, -0.2) is 14.3 Å². The number of hydrogen-bond donors (Lipinski definition) is 8. The Morgan fingerprint density at radius 3 is 2.13 bits per heavy atom. The van der Waals surface area contributed by atoms with Crippen LogP contribution in [0, 0.1) is 10.8 Å². The van der Waals surface area contributed by atoms with Crippen molar-refractivity contribution in [1.29, 1.82) is 5.41 Å². The van der Waals surface area contributed by atoms with Gasteiger partial charge in [-0.05, 0) is 37.0 Å². The molecular formula is C59H79N9O17S4. The number of alkyl carbamates (subject to hydrolysis) is 1. The van der Waals surface area contributed by atoms with Crippen molar-refractivity contribution in [3.63, 3.8) is 0 Å². The summed E-state index contributed by atoms with van der Waals surface area (Å²) in [4.78, 5) is 77.8. The van der Waals surface area contributed by atoms with Crippen LogP contribution in [0.3, 0.4) is 0 Å². The minimum atomic E-state index is -1.51. The van der Waals surface area contributed by atoms with E-state index in [0.717, 1.165) is 39.7 Å². The third-order valence-electron chi connectivity index (χ3n) is 14.0. The number of nitrogens with one attached hydrogen (secondary N) is 4. The molecule has 0 spiro atoms. The lowest BCUT2D eigenvalue weighted by Crippen LogP contribution is -2.64. The molecule has 3 heterocycles. The van der Waals surface area contributed by atoms with E-state index in [4.69, 9.17) is 56.5 Å². The molecule has 0 radical (unpaired) electrons. The van der Waals surface area contributed by atoms with Crippen LogP contribution in [-0.2, 0) is 70.2 Å². The lowest BCUT2D eigenvalue weighted by atomic mass is 9.78. The van der Waals surface area contributed by atoms with E-state index in [0.29, 0.717) is 33.6 Å². The quantitative estimate of drug-likeness (QED) is 0.00774. The number of rotatable bonds is 37. The smallest absolute Gasteiger partial charge is 0.407 e. The average Bonchev–Trinajstić information content (AvgIpc) is 1.75. The van der Waals surface area contributed by atoms with Gasteiger partial charge in [0.15, 0.2) is 6.29 Å². The van der Waals surface area contributed by atoms with E-state index in [9.17, 15) is 44.1 Å². The van der Waals surface area contributed by atoms with Gasteiger partial charge in [0.25, 0.3) is 0 Å². The Bertz CT molecular complexity index is 2970. The molecule has 7 unspecified atom stereocenters. The van der Waals surface area contributed by atoms with Crippen molar-refractivity contribution >= 4 is 97.5 Å². The third-order valence-corrected chi connectivity index (χ3v) is 18.0. The summed E-state index contributed by atoms with van der Waals surface area (Å²) in [6.45, 7) is 6.33. The normalized spacial score (nSPS) is 18.2. The van der Waals surface area contributed by atoms with Gasteiger partial charge in [-0.3, -0.25) is 19.2 Å². The zero-order chi connectivity index (χ0) is 64.2. The number of esters is 1. The molecule has 5 amide bonds. The van der Waals surface area contributed by atoms with Crippen LogP contribution < -0.4 is 26.6 Å². The molecule has 7 atom stereocenters. The number of para-hydroxylation sites is 1. The molecule has 2 aliphatic heterocycles. The van der Waals surface area contributed by atoms with E-state index < -0.39 is 77.4 Å². The molecule has 3 aromatic carbocycles. The molecule has 0 saturated carbocycles. The second-order valence-corrected chi connectivity index (χ2v) is 25.7. The maximum absolute atomic E-state index is 14.1. The van der Waals surface area contributed by atoms with Crippen LogP contribution in [0.1, 0.15) is 57.6 Å². The molecule has 1 fully saturated rings. The second kappa shape index (κ2) is 37.1. The number of amides is 5. The molecule has 486 valence electrons. The summed E-state index contributed by atoms with van der Waals surface area (Å²) >= 11 is 6.94. The number of thiocarbonyl (C=S) groups is 1. The average molecular weight is 1310 g/mol. The van der Waals surface area contributed by atoms with E-state index in [1.165, 1.54) is 34.7 Å². The predicted octanol–water partition coefficient (Wildman–Crippen LogP) is 4.41. The zero-order valence-electron chi connectivity index (χ0n) is 49.9. The minimum Gasteiger partial charge on any atom is -0.463 e. The summed E-state index contributed by atoms with van der Waals surface area (Å²) in [5.74, 6) is -0.606. The number of benzene rings is 3. The number of aromatic nitrogens is 3. The summed E-state index contributed by atoms with van der Waals surface area (Å²) in [5.41, 5.74) is 9.21. The van der Waals surface area contributed by atoms with Gasteiger partial charge in [0, 0.05) is 67.1 Å². The Morgan fingerprint density at radius 2 is 1.45 bits per heavy atom.